The van der Waals surface area contributed by atoms with E-state index in [0.717, 1.165) is 35.0 Å². The van der Waals surface area contributed by atoms with E-state index in [2.05, 4.69) is 23.7 Å². The fraction of sp³-hybridized carbons (Fsp3) is 0.700. The number of hydrogen-bond donors (Lipinski definition) is 0. The van der Waals surface area contributed by atoms with Crippen LogP contribution in [0.25, 0.3) is 0 Å². The molecule has 0 N–H and O–H groups in total. The Morgan fingerprint density at radius 1 is 0.667 bits per heavy atom. The summed E-state index contributed by atoms with van der Waals surface area (Å²) in [5.74, 6) is 12.5. The number of terminal acetylenes is 2. The molecule has 24 heavy (non-hydrogen) atoms. The van der Waals surface area contributed by atoms with E-state index >= 15 is 0 Å². The van der Waals surface area contributed by atoms with Crippen LogP contribution in [-0.4, -0.2) is 61.3 Å². The molecule has 2 aliphatic rings. The molecule has 0 atom stereocenters. The molecule has 0 saturated carbocycles. The van der Waals surface area contributed by atoms with Crippen molar-refractivity contribution in [2.24, 2.45) is 0 Å². The number of likely N-dealkylation sites (tertiary alicyclic amines) is 2. The van der Waals surface area contributed by atoms with Crippen LogP contribution in [0.4, 0.5) is 0 Å². The third-order valence-corrected chi connectivity index (χ3v) is 5.36. The molecular weight excluding hydrogens is 428 g/mol. The summed E-state index contributed by atoms with van der Waals surface area (Å²) in [6, 6.07) is 0. The van der Waals surface area contributed by atoms with Gasteiger partial charge < -0.3 is 42.9 Å². The lowest BCUT2D eigenvalue weighted by Gasteiger charge is -2.32. The predicted molar refractivity (Wildman–Crippen MR) is 92.6 cm³/mol. The van der Waals surface area contributed by atoms with Crippen LogP contribution in [-0.2, 0) is 0 Å². The normalized spacial score (nSPS) is 19.8. The molecule has 2 nitrogen and oxygen atoms in total. The van der Waals surface area contributed by atoms with Gasteiger partial charge in [0.2, 0.25) is 0 Å². The fourth-order valence-electron chi connectivity index (χ4n) is 4.05. The van der Waals surface area contributed by atoms with Crippen molar-refractivity contribution in [2.75, 3.05) is 52.4 Å². The van der Waals surface area contributed by atoms with Crippen LogP contribution in [0.2, 0.25) is 0 Å². The largest absolute Gasteiger partial charge is 1.00 e. The van der Waals surface area contributed by atoms with Crippen molar-refractivity contribution in [2.45, 2.75) is 38.5 Å². The third-order valence-electron chi connectivity index (χ3n) is 5.36. The van der Waals surface area contributed by atoms with Crippen LogP contribution in [0.15, 0.2) is 0 Å². The Labute approximate surface area is 170 Å². The Hall–Kier alpha value is -0.440. The zero-order valence-electron chi connectivity index (χ0n) is 14.7. The minimum atomic E-state index is 0. The van der Waals surface area contributed by atoms with Crippen LogP contribution >= 0.6 is 0 Å². The number of quaternary nitrogens is 2. The Morgan fingerprint density at radius 2 is 1.17 bits per heavy atom. The fourth-order valence-corrected chi connectivity index (χ4v) is 4.05. The van der Waals surface area contributed by atoms with E-state index in [1.807, 2.05) is 0 Å². The van der Waals surface area contributed by atoms with Crippen molar-refractivity contribution >= 4 is 0 Å². The third kappa shape index (κ3) is 6.82. The molecule has 2 saturated heterocycles. The van der Waals surface area contributed by atoms with Crippen molar-refractivity contribution < 1.29 is 42.9 Å². The van der Waals surface area contributed by atoms with Crippen LogP contribution in [0, 0.1) is 36.5 Å². The highest BCUT2D eigenvalue weighted by Crippen LogP contribution is 2.20. The molecule has 0 aromatic carbocycles. The second-order valence-electron chi connectivity index (χ2n) is 7.06. The average molecular weight is 458 g/mol. The summed E-state index contributed by atoms with van der Waals surface area (Å²) in [6.07, 6.45) is 18.5. The molecule has 0 radical (unpaired) electrons. The lowest BCUT2D eigenvalue weighted by Crippen LogP contribution is -3.00. The summed E-state index contributed by atoms with van der Waals surface area (Å²) in [7, 11) is 0. The molecule has 0 aliphatic carbocycles. The van der Waals surface area contributed by atoms with Gasteiger partial charge in [-0.05, 0) is 17.8 Å². The molecule has 0 aromatic rings. The van der Waals surface area contributed by atoms with Gasteiger partial charge in [-0.3, -0.25) is 0 Å². The average Bonchev–Trinajstić information content (AvgIpc) is 3.14. The van der Waals surface area contributed by atoms with Crippen LogP contribution in [0.3, 0.4) is 0 Å². The molecular formula is C20H30Br2N2. The highest BCUT2D eigenvalue weighted by molar-refractivity contribution is 5.00. The van der Waals surface area contributed by atoms with Gasteiger partial charge >= 0.3 is 0 Å². The molecule has 0 amide bonds. The first-order valence-electron chi connectivity index (χ1n) is 8.77. The Kier molecular flexibility index (Phi) is 11.8. The van der Waals surface area contributed by atoms with Gasteiger partial charge in [0.05, 0.1) is 32.7 Å². The molecule has 2 rings (SSSR count). The van der Waals surface area contributed by atoms with E-state index in [0.29, 0.717) is 0 Å². The minimum absolute atomic E-state index is 0. The summed E-state index contributed by atoms with van der Waals surface area (Å²) in [5, 5.41) is 0. The number of hydrogen-bond acceptors (Lipinski definition) is 0. The maximum atomic E-state index is 5.55. The van der Waals surface area contributed by atoms with Crippen molar-refractivity contribution in [1.29, 1.82) is 0 Å². The van der Waals surface area contributed by atoms with Crippen LogP contribution < -0.4 is 34.0 Å². The molecule has 2 aliphatic heterocycles. The summed E-state index contributed by atoms with van der Waals surface area (Å²) in [6.45, 7) is 8.83. The Bertz CT molecular complexity index is 492. The van der Waals surface area contributed by atoms with E-state index in [9.17, 15) is 0 Å². The van der Waals surface area contributed by atoms with Crippen LogP contribution in [0.5, 0.6) is 0 Å². The quantitative estimate of drug-likeness (QED) is 0.218. The molecule has 0 bridgehead atoms. The van der Waals surface area contributed by atoms with Gasteiger partial charge in [0.25, 0.3) is 0 Å². The second kappa shape index (κ2) is 12.0. The van der Waals surface area contributed by atoms with Gasteiger partial charge in [-0.15, -0.1) is 12.8 Å². The molecule has 2 heterocycles. The summed E-state index contributed by atoms with van der Waals surface area (Å²) in [4.78, 5) is 0. The topological polar surface area (TPSA) is 0 Å². The second-order valence-corrected chi connectivity index (χ2v) is 7.06. The molecule has 0 spiro atoms. The van der Waals surface area contributed by atoms with Gasteiger partial charge in [0.1, 0.15) is 19.6 Å². The Morgan fingerprint density at radius 3 is 1.71 bits per heavy atom. The van der Waals surface area contributed by atoms with E-state index < -0.39 is 0 Å². The SMILES string of the molecule is C#CC[N+]1(CC#CCCC[N+]2(CC#C)CCCC2)CCCC1.[Br-].[Br-]. The standard InChI is InChI=1S/C20H30N2.2BrH/c1-3-13-21(17-9-10-18-21)15-7-5-6-8-16-22(14-4-2)19-11-12-20-22;;/h1-2H,5,7,9-20H2;2*1H/q+2;;/p-2. The summed E-state index contributed by atoms with van der Waals surface area (Å²) >= 11 is 0. The first-order chi connectivity index (χ1) is 10.7. The van der Waals surface area contributed by atoms with Gasteiger partial charge in [-0.2, -0.15) is 0 Å². The Balaban J connectivity index is 0.00000264. The highest BCUT2D eigenvalue weighted by Gasteiger charge is 2.31. The maximum absolute atomic E-state index is 5.55. The first-order valence-corrected chi connectivity index (χ1v) is 8.77. The van der Waals surface area contributed by atoms with Gasteiger partial charge in [0.15, 0.2) is 0 Å². The van der Waals surface area contributed by atoms with E-state index in [1.54, 1.807) is 0 Å². The van der Waals surface area contributed by atoms with E-state index in [4.69, 9.17) is 12.8 Å². The predicted octanol–water partition coefficient (Wildman–Crippen LogP) is -3.73. The lowest BCUT2D eigenvalue weighted by molar-refractivity contribution is -0.910. The van der Waals surface area contributed by atoms with Gasteiger partial charge in [0, 0.05) is 38.5 Å². The van der Waals surface area contributed by atoms with Crippen molar-refractivity contribution in [3.8, 4) is 36.5 Å². The summed E-state index contributed by atoms with van der Waals surface area (Å²) in [5.41, 5.74) is 0. The maximum Gasteiger partial charge on any atom is 0.141 e. The summed E-state index contributed by atoms with van der Waals surface area (Å²) < 4.78 is 2.16. The lowest BCUT2D eigenvalue weighted by atomic mass is 10.2. The first kappa shape index (κ1) is 23.6. The van der Waals surface area contributed by atoms with Crippen molar-refractivity contribution in [3.05, 3.63) is 0 Å². The van der Waals surface area contributed by atoms with Crippen molar-refractivity contribution in [3.63, 3.8) is 0 Å². The molecule has 2 fully saturated rings. The van der Waals surface area contributed by atoms with E-state index in [-0.39, 0.29) is 34.0 Å². The molecule has 134 valence electrons. The number of rotatable bonds is 6. The smallest absolute Gasteiger partial charge is 0.141 e. The molecule has 0 aromatic heterocycles. The molecule has 4 heteroatoms. The van der Waals surface area contributed by atoms with E-state index in [1.165, 1.54) is 64.8 Å². The number of unbranched alkanes of at least 4 members (excludes halogenated alkanes) is 1. The minimum Gasteiger partial charge on any atom is -1.00 e. The number of nitrogens with zero attached hydrogens (tertiary/aromatic N) is 2. The monoisotopic (exact) mass is 456 g/mol. The highest BCUT2D eigenvalue weighted by atomic mass is 79.9. The number of halogens is 2. The zero-order chi connectivity index (χ0) is 15.7. The van der Waals surface area contributed by atoms with Crippen LogP contribution in [0.1, 0.15) is 38.5 Å². The van der Waals surface area contributed by atoms with Crippen molar-refractivity contribution in [1.82, 2.24) is 0 Å². The van der Waals surface area contributed by atoms with Gasteiger partial charge in [-0.25, -0.2) is 0 Å². The zero-order valence-corrected chi connectivity index (χ0v) is 17.9. The van der Waals surface area contributed by atoms with Gasteiger partial charge in [-0.1, -0.05) is 5.92 Å². The molecule has 0 unspecified atom stereocenters.